The monoisotopic (exact) mass is 332 g/mol. The van der Waals surface area contributed by atoms with E-state index in [9.17, 15) is 14.4 Å². The fourth-order valence-electron chi connectivity index (χ4n) is 3.74. The van der Waals surface area contributed by atoms with Gasteiger partial charge in [-0.3, -0.25) is 19.3 Å². The van der Waals surface area contributed by atoms with Gasteiger partial charge < -0.3 is 9.32 Å². The topological polar surface area (TPSA) is 70.8 Å². The average molecular weight is 332 g/mol. The van der Waals surface area contributed by atoms with Crippen LogP contribution in [0.3, 0.4) is 0 Å². The van der Waals surface area contributed by atoms with Gasteiger partial charge in [0, 0.05) is 20.0 Å². The van der Waals surface area contributed by atoms with E-state index in [1.165, 1.54) is 4.90 Å². The maximum atomic E-state index is 12.4. The highest BCUT2D eigenvalue weighted by atomic mass is 16.3. The molecular weight excluding hydrogens is 308 g/mol. The van der Waals surface area contributed by atoms with E-state index >= 15 is 0 Å². The summed E-state index contributed by atoms with van der Waals surface area (Å²) in [7, 11) is 1.70. The van der Waals surface area contributed by atoms with Crippen molar-refractivity contribution in [3.63, 3.8) is 0 Å². The van der Waals surface area contributed by atoms with Crippen LogP contribution in [-0.4, -0.2) is 41.1 Å². The van der Waals surface area contributed by atoms with Crippen molar-refractivity contribution in [2.75, 3.05) is 13.6 Å². The molecule has 2 heterocycles. The van der Waals surface area contributed by atoms with Crippen molar-refractivity contribution in [2.24, 2.45) is 11.8 Å². The van der Waals surface area contributed by atoms with Crippen molar-refractivity contribution < 1.29 is 18.8 Å². The standard InChI is InChI=1S/C18H24N2O4/c1-12-7-8-13(24-12)11-19(2)16(21)9-10-20-17(22)14-5-3-4-6-15(14)18(20)23/h7-8,14-15H,3-6,9-11H2,1-2H3/t14-,15-/m0/s1. The van der Waals surface area contributed by atoms with Gasteiger partial charge in [-0.1, -0.05) is 12.8 Å². The van der Waals surface area contributed by atoms with Gasteiger partial charge in [-0.25, -0.2) is 0 Å². The van der Waals surface area contributed by atoms with Gasteiger partial charge in [-0.15, -0.1) is 0 Å². The van der Waals surface area contributed by atoms with Crippen LogP contribution in [0.25, 0.3) is 0 Å². The van der Waals surface area contributed by atoms with Crippen LogP contribution < -0.4 is 0 Å². The Morgan fingerprint density at radius 1 is 1.21 bits per heavy atom. The molecule has 2 fully saturated rings. The predicted octanol–water partition coefficient (Wildman–Crippen LogP) is 2.11. The van der Waals surface area contributed by atoms with E-state index in [1.54, 1.807) is 11.9 Å². The minimum absolute atomic E-state index is 0.0817. The first-order valence-electron chi connectivity index (χ1n) is 8.62. The molecule has 2 atom stereocenters. The van der Waals surface area contributed by atoms with Crippen LogP contribution >= 0.6 is 0 Å². The molecule has 130 valence electrons. The quantitative estimate of drug-likeness (QED) is 0.774. The van der Waals surface area contributed by atoms with Gasteiger partial charge in [0.25, 0.3) is 0 Å². The Hall–Kier alpha value is -2.11. The largest absolute Gasteiger partial charge is 0.464 e. The van der Waals surface area contributed by atoms with Crippen molar-refractivity contribution in [2.45, 2.75) is 45.6 Å². The van der Waals surface area contributed by atoms with Gasteiger partial charge in [-0.2, -0.15) is 0 Å². The number of hydrogen-bond acceptors (Lipinski definition) is 4. The molecule has 0 spiro atoms. The number of carbonyl (C=O) groups is 3. The number of rotatable bonds is 5. The zero-order chi connectivity index (χ0) is 17.3. The van der Waals surface area contributed by atoms with E-state index in [0.29, 0.717) is 6.54 Å². The summed E-state index contributed by atoms with van der Waals surface area (Å²) < 4.78 is 5.47. The number of nitrogens with zero attached hydrogens (tertiary/aromatic N) is 2. The SMILES string of the molecule is Cc1ccc(CN(C)C(=O)CCN2C(=O)[C@H]3CCCC[C@@H]3C2=O)o1. The Bertz CT molecular complexity index is 627. The highest BCUT2D eigenvalue weighted by Crippen LogP contribution is 2.37. The second-order valence-electron chi connectivity index (χ2n) is 6.84. The molecule has 1 aliphatic heterocycles. The van der Waals surface area contributed by atoms with E-state index in [1.807, 2.05) is 19.1 Å². The smallest absolute Gasteiger partial charge is 0.233 e. The van der Waals surface area contributed by atoms with Crippen molar-refractivity contribution in [3.8, 4) is 0 Å². The number of aryl methyl sites for hydroxylation is 1. The van der Waals surface area contributed by atoms with E-state index < -0.39 is 0 Å². The Morgan fingerprint density at radius 3 is 2.38 bits per heavy atom. The highest BCUT2D eigenvalue weighted by Gasteiger charge is 2.47. The average Bonchev–Trinajstić information content (AvgIpc) is 3.08. The van der Waals surface area contributed by atoms with Gasteiger partial charge in [-0.05, 0) is 31.9 Å². The number of hydrogen-bond donors (Lipinski definition) is 0. The normalized spacial score (nSPS) is 23.5. The van der Waals surface area contributed by atoms with Crippen LogP contribution in [0.15, 0.2) is 16.5 Å². The zero-order valence-electron chi connectivity index (χ0n) is 14.3. The summed E-state index contributed by atoms with van der Waals surface area (Å²) in [6.07, 6.45) is 3.79. The Balaban J connectivity index is 1.54. The molecule has 0 bridgehead atoms. The van der Waals surface area contributed by atoms with Gasteiger partial charge in [0.2, 0.25) is 17.7 Å². The molecule has 0 unspecified atom stereocenters. The Morgan fingerprint density at radius 2 is 1.83 bits per heavy atom. The molecule has 0 N–H and O–H groups in total. The van der Waals surface area contributed by atoms with E-state index in [-0.39, 0.29) is 42.5 Å². The summed E-state index contributed by atoms with van der Waals surface area (Å²) in [5.41, 5.74) is 0. The van der Waals surface area contributed by atoms with Crippen molar-refractivity contribution >= 4 is 17.7 Å². The van der Waals surface area contributed by atoms with Gasteiger partial charge in [0.15, 0.2) is 0 Å². The molecule has 0 radical (unpaired) electrons. The second kappa shape index (κ2) is 6.79. The van der Waals surface area contributed by atoms with Crippen LogP contribution in [-0.2, 0) is 20.9 Å². The molecule has 3 rings (SSSR count). The lowest BCUT2D eigenvalue weighted by Gasteiger charge is -2.19. The van der Waals surface area contributed by atoms with Crippen molar-refractivity contribution in [3.05, 3.63) is 23.7 Å². The summed E-state index contributed by atoms with van der Waals surface area (Å²) in [5, 5.41) is 0. The lowest BCUT2D eigenvalue weighted by Crippen LogP contribution is -2.36. The molecule has 1 saturated heterocycles. The zero-order valence-corrected chi connectivity index (χ0v) is 14.3. The molecule has 1 aliphatic carbocycles. The fourth-order valence-corrected chi connectivity index (χ4v) is 3.74. The molecule has 1 saturated carbocycles. The number of imide groups is 1. The molecule has 1 aromatic heterocycles. The summed E-state index contributed by atoms with van der Waals surface area (Å²) in [6.45, 7) is 2.43. The molecule has 2 aliphatic rings. The van der Waals surface area contributed by atoms with Crippen LogP contribution in [0.5, 0.6) is 0 Å². The van der Waals surface area contributed by atoms with Gasteiger partial charge in [0.1, 0.15) is 11.5 Å². The summed E-state index contributed by atoms with van der Waals surface area (Å²) in [5.74, 6) is 0.975. The lowest BCUT2D eigenvalue weighted by molar-refractivity contribution is -0.140. The summed E-state index contributed by atoms with van der Waals surface area (Å²) in [6, 6.07) is 3.70. The Labute approximate surface area is 141 Å². The maximum Gasteiger partial charge on any atom is 0.233 e. The third kappa shape index (κ3) is 3.23. The molecule has 1 aromatic rings. The van der Waals surface area contributed by atoms with E-state index in [0.717, 1.165) is 37.2 Å². The van der Waals surface area contributed by atoms with E-state index in [4.69, 9.17) is 4.42 Å². The first kappa shape index (κ1) is 16.7. The molecule has 3 amide bonds. The van der Waals surface area contributed by atoms with Crippen LogP contribution in [0.2, 0.25) is 0 Å². The number of amides is 3. The summed E-state index contributed by atoms with van der Waals surface area (Å²) >= 11 is 0. The van der Waals surface area contributed by atoms with Crippen LogP contribution in [0.4, 0.5) is 0 Å². The third-order valence-electron chi connectivity index (χ3n) is 5.10. The third-order valence-corrected chi connectivity index (χ3v) is 5.10. The number of likely N-dealkylation sites (tertiary alicyclic amines) is 1. The van der Waals surface area contributed by atoms with E-state index in [2.05, 4.69) is 0 Å². The minimum atomic E-state index is -0.148. The fraction of sp³-hybridized carbons (Fsp3) is 0.611. The molecule has 6 nitrogen and oxygen atoms in total. The minimum Gasteiger partial charge on any atom is -0.464 e. The molecule has 6 heteroatoms. The highest BCUT2D eigenvalue weighted by molar-refractivity contribution is 6.05. The van der Waals surface area contributed by atoms with Crippen LogP contribution in [0, 0.1) is 18.8 Å². The van der Waals surface area contributed by atoms with Crippen molar-refractivity contribution in [1.29, 1.82) is 0 Å². The number of carbonyl (C=O) groups excluding carboxylic acids is 3. The predicted molar refractivity (Wildman–Crippen MR) is 86.7 cm³/mol. The molecule has 24 heavy (non-hydrogen) atoms. The van der Waals surface area contributed by atoms with Crippen LogP contribution in [0.1, 0.15) is 43.6 Å². The van der Waals surface area contributed by atoms with Crippen molar-refractivity contribution in [1.82, 2.24) is 9.80 Å². The molecular formula is C18H24N2O4. The molecule has 0 aromatic carbocycles. The number of furan rings is 1. The number of fused-ring (bicyclic) bond motifs is 1. The lowest BCUT2D eigenvalue weighted by atomic mass is 9.81. The second-order valence-corrected chi connectivity index (χ2v) is 6.84. The Kier molecular flexibility index (Phi) is 4.73. The first-order chi connectivity index (χ1) is 11.5. The maximum absolute atomic E-state index is 12.4. The van der Waals surface area contributed by atoms with Gasteiger partial charge >= 0.3 is 0 Å². The first-order valence-corrected chi connectivity index (χ1v) is 8.62. The van der Waals surface area contributed by atoms with Gasteiger partial charge in [0.05, 0.1) is 18.4 Å². The summed E-state index contributed by atoms with van der Waals surface area (Å²) in [4.78, 5) is 39.9.